The molecule has 4 heteroatoms. The molecule has 3 nitrogen and oxygen atoms in total. The molecule has 1 aliphatic heterocycles. The summed E-state index contributed by atoms with van der Waals surface area (Å²) >= 11 is 0. The first-order valence-corrected chi connectivity index (χ1v) is 4.12. The van der Waals surface area contributed by atoms with Crippen LogP contribution in [-0.4, -0.2) is 26.0 Å². The SMILES string of the molecule is BNC1(C)CNC(=O)C12CC2. The molecule has 1 spiro atoms. The third-order valence-corrected chi connectivity index (χ3v) is 3.40. The molecule has 0 aromatic carbocycles. The molecular weight excluding hydrogens is 139 g/mol. The molecule has 1 saturated heterocycles. The van der Waals surface area contributed by atoms with E-state index in [4.69, 9.17) is 0 Å². The van der Waals surface area contributed by atoms with E-state index < -0.39 is 0 Å². The smallest absolute Gasteiger partial charge is 0.228 e. The molecule has 1 heterocycles. The molecule has 1 amide bonds. The van der Waals surface area contributed by atoms with Gasteiger partial charge in [-0.1, -0.05) is 0 Å². The molecule has 1 atom stereocenters. The van der Waals surface area contributed by atoms with Gasteiger partial charge >= 0.3 is 0 Å². The third kappa shape index (κ3) is 0.657. The highest BCUT2D eigenvalue weighted by Gasteiger charge is 2.64. The Morgan fingerprint density at radius 2 is 2.27 bits per heavy atom. The third-order valence-electron chi connectivity index (χ3n) is 3.40. The molecule has 1 aliphatic carbocycles. The van der Waals surface area contributed by atoms with Crippen LogP contribution in [0.1, 0.15) is 19.8 Å². The lowest BCUT2D eigenvalue weighted by Gasteiger charge is -2.28. The van der Waals surface area contributed by atoms with Crippen molar-refractivity contribution < 1.29 is 4.79 Å². The standard InChI is InChI=1S/C7H13BN2O/c1-6(10-8)4-9-5(11)7(6)2-3-7/h10H,2-4,8H2,1H3,(H,9,11). The van der Waals surface area contributed by atoms with Crippen molar-refractivity contribution in [3.63, 3.8) is 0 Å². The largest absolute Gasteiger partial charge is 0.355 e. The quantitative estimate of drug-likeness (QED) is 0.463. The number of hydrogen-bond donors (Lipinski definition) is 2. The van der Waals surface area contributed by atoms with Gasteiger partial charge in [-0.3, -0.25) is 4.79 Å². The molecule has 60 valence electrons. The molecule has 2 fully saturated rings. The van der Waals surface area contributed by atoms with E-state index in [9.17, 15) is 4.79 Å². The summed E-state index contributed by atoms with van der Waals surface area (Å²) in [5.74, 6) is 0.245. The highest BCUT2D eigenvalue weighted by atomic mass is 16.2. The van der Waals surface area contributed by atoms with Crippen molar-refractivity contribution in [3.05, 3.63) is 0 Å². The van der Waals surface area contributed by atoms with Gasteiger partial charge < -0.3 is 10.5 Å². The second kappa shape index (κ2) is 1.80. The zero-order chi connectivity index (χ0) is 8.11. The van der Waals surface area contributed by atoms with Crippen molar-refractivity contribution in [1.82, 2.24) is 10.5 Å². The van der Waals surface area contributed by atoms with Crippen molar-refractivity contribution in [3.8, 4) is 0 Å². The number of amides is 1. The van der Waals surface area contributed by atoms with Crippen molar-refractivity contribution in [2.45, 2.75) is 25.3 Å². The fourth-order valence-corrected chi connectivity index (χ4v) is 2.08. The predicted molar refractivity (Wildman–Crippen MR) is 44.8 cm³/mol. The van der Waals surface area contributed by atoms with Crippen LogP contribution in [-0.2, 0) is 4.79 Å². The summed E-state index contributed by atoms with van der Waals surface area (Å²) in [5.41, 5.74) is -0.0498. The van der Waals surface area contributed by atoms with Crippen LogP contribution < -0.4 is 10.5 Å². The summed E-state index contributed by atoms with van der Waals surface area (Å²) in [4.78, 5) is 11.4. The Balaban J connectivity index is 2.31. The van der Waals surface area contributed by atoms with Gasteiger partial charge in [-0.05, 0) is 19.8 Å². The van der Waals surface area contributed by atoms with Crippen LogP contribution in [0.3, 0.4) is 0 Å². The molecular formula is C7H13BN2O. The average Bonchev–Trinajstić information content (AvgIpc) is 2.75. The van der Waals surface area contributed by atoms with E-state index >= 15 is 0 Å². The first kappa shape index (κ1) is 7.16. The summed E-state index contributed by atoms with van der Waals surface area (Å²) in [7, 11) is 1.93. The number of nitrogens with one attached hydrogen (secondary N) is 2. The van der Waals surface area contributed by atoms with Gasteiger partial charge in [-0.25, -0.2) is 0 Å². The number of rotatable bonds is 1. The van der Waals surface area contributed by atoms with E-state index in [1.54, 1.807) is 0 Å². The van der Waals surface area contributed by atoms with Crippen molar-refractivity contribution >= 4 is 13.9 Å². The lowest BCUT2D eigenvalue weighted by atomic mass is 9.84. The molecule has 0 bridgehead atoms. The molecule has 0 radical (unpaired) electrons. The van der Waals surface area contributed by atoms with Gasteiger partial charge in [-0.15, -0.1) is 0 Å². The molecule has 1 unspecified atom stereocenters. The zero-order valence-corrected chi connectivity index (χ0v) is 7.03. The van der Waals surface area contributed by atoms with Crippen LogP contribution in [0.25, 0.3) is 0 Å². The van der Waals surface area contributed by atoms with E-state index in [2.05, 4.69) is 17.5 Å². The molecule has 0 aromatic rings. The Hall–Kier alpha value is -0.505. The van der Waals surface area contributed by atoms with Crippen molar-refractivity contribution in [2.75, 3.05) is 6.54 Å². The summed E-state index contributed by atoms with van der Waals surface area (Å²) in [5, 5.41) is 6.15. The summed E-state index contributed by atoms with van der Waals surface area (Å²) < 4.78 is 0. The number of carbonyl (C=O) groups excluding carboxylic acids is 1. The summed E-state index contributed by atoms with van der Waals surface area (Å²) in [6.45, 7) is 2.90. The predicted octanol–water partition coefficient (Wildman–Crippen LogP) is -1.21. The average molecular weight is 152 g/mol. The van der Waals surface area contributed by atoms with E-state index in [0.717, 1.165) is 19.4 Å². The maximum atomic E-state index is 11.4. The van der Waals surface area contributed by atoms with Gasteiger partial charge in [0.1, 0.15) is 0 Å². The minimum Gasteiger partial charge on any atom is -0.355 e. The number of carbonyl (C=O) groups is 1. The second-order valence-corrected chi connectivity index (χ2v) is 3.85. The van der Waals surface area contributed by atoms with Crippen molar-refractivity contribution in [2.24, 2.45) is 5.41 Å². The molecule has 2 aliphatic rings. The van der Waals surface area contributed by atoms with E-state index in [0.29, 0.717) is 0 Å². The Morgan fingerprint density at radius 1 is 1.64 bits per heavy atom. The Labute approximate surface area is 67.4 Å². The van der Waals surface area contributed by atoms with Gasteiger partial charge in [0.25, 0.3) is 0 Å². The topological polar surface area (TPSA) is 41.1 Å². The zero-order valence-electron chi connectivity index (χ0n) is 7.03. The highest BCUT2D eigenvalue weighted by molar-refractivity contribution is 6.06. The van der Waals surface area contributed by atoms with Gasteiger partial charge in [-0.2, -0.15) is 0 Å². The summed E-state index contributed by atoms with van der Waals surface area (Å²) in [6.07, 6.45) is 2.10. The monoisotopic (exact) mass is 152 g/mol. The van der Waals surface area contributed by atoms with Crippen LogP contribution in [0.4, 0.5) is 0 Å². The first-order valence-electron chi connectivity index (χ1n) is 4.12. The van der Waals surface area contributed by atoms with Gasteiger partial charge in [0.2, 0.25) is 5.91 Å². The first-order chi connectivity index (χ1) is 5.15. The maximum absolute atomic E-state index is 11.4. The highest BCUT2D eigenvalue weighted by Crippen LogP contribution is 2.56. The fraction of sp³-hybridized carbons (Fsp3) is 0.857. The molecule has 2 N–H and O–H groups in total. The lowest BCUT2D eigenvalue weighted by molar-refractivity contribution is -0.124. The van der Waals surface area contributed by atoms with Crippen molar-refractivity contribution in [1.29, 1.82) is 0 Å². The lowest BCUT2D eigenvalue weighted by Crippen LogP contribution is -2.49. The van der Waals surface area contributed by atoms with Gasteiger partial charge in [0, 0.05) is 12.1 Å². The van der Waals surface area contributed by atoms with E-state index in [1.165, 1.54) is 0 Å². The minimum atomic E-state index is -0.0538. The second-order valence-electron chi connectivity index (χ2n) is 3.85. The van der Waals surface area contributed by atoms with Crippen LogP contribution in [0.2, 0.25) is 0 Å². The van der Waals surface area contributed by atoms with Crippen LogP contribution in [0.5, 0.6) is 0 Å². The molecule has 2 rings (SSSR count). The molecule has 11 heavy (non-hydrogen) atoms. The summed E-state index contributed by atoms with van der Waals surface area (Å²) in [6, 6.07) is 0. The molecule has 1 saturated carbocycles. The van der Waals surface area contributed by atoms with E-state index in [1.807, 2.05) is 7.98 Å². The van der Waals surface area contributed by atoms with Crippen LogP contribution >= 0.6 is 0 Å². The van der Waals surface area contributed by atoms with Gasteiger partial charge in [0.15, 0.2) is 7.98 Å². The number of hydrogen-bond acceptors (Lipinski definition) is 2. The minimum absolute atomic E-state index is 0.00405. The molecule has 0 aromatic heterocycles. The van der Waals surface area contributed by atoms with Crippen LogP contribution in [0.15, 0.2) is 0 Å². The Morgan fingerprint density at radius 3 is 2.64 bits per heavy atom. The van der Waals surface area contributed by atoms with Gasteiger partial charge in [0.05, 0.1) is 5.41 Å². The normalized spacial score (nSPS) is 39.2. The Bertz CT molecular complexity index is 214. The van der Waals surface area contributed by atoms with E-state index in [-0.39, 0.29) is 16.9 Å². The fourth-order valence-electron chi connectivity index (χ4n) is 2.08. The van der Waals surface area contributed by atoms with Crippen LogP contribution in [0, 0.1) is 5.41 Å². The Kier molecular flexibility index (Phi) is 1.17. The maximum Gasteiger partial charge on any atom is 0.228 e.